The lowest BCUT2D eigenvalue weighted by Gasteiger charge is -2.45. The molecule has 1 amide bonds. The minimum atomic E-state index is 0.0249. The van der Waals surface area contributed by atoms with Gasteiger partial charge in [0.25, 0.3) is 0 Å². The van der Waals surface area contributed by atoms with Crippen LogP contribution in [-0.2, 0) is 11.3 Å². The van der Waals surface area contributed by atoms with Crippen molar-refractivity contribution in [3.63, 3.8) is 0 Å². The normalized spacial score (nSPS) is 20.1. The number of piperazine rings is 1. The van der Waals surface area contributed by atoms with Gasteiger partial charge in [-0.15, -0.1) is 0 Å². The van der Waals surface area contributed by atoms with Crippen LogP contribution in [0.3, 0.4) is 0 Å². The van der Waals surface area contributed by atoms with Crippen LogP contribution in [0.2, 0.25) is 0 Å². The van der Waals surface area contributed by atoms with Crippen LogP contribution in [0.15, 0.2) is 12.4 Å². The molecule has 1 fully saturated rings. The molecule has 6 nitrogen and oxygen atoms in total. The lowest BCUT2D eigenvalue weighted by atomic mass is 10.00. The fourth-order valence-electron chi connectivity index (χ4n) is 2.16. The Morgan fingerprint density at radius 2 is 2.22 bits per heavy atom. The number of nitrogen functional groups attached to an aromatic ring is 1. The third kappa shape index (κ3) is 2.64. The quantitative estimate of drug-likeness (QED) is 0.804. The Bertz CT molecular complexity index is 439. The molecule has 1 saturated heterocycles. The van der Waals surface area contributed by atoms with Crippen LogP contribution >= 0.6 is 0 Å². The molecule has 1 aromatic rings. The molecular formula is C12H21N5O. The van der Waals surface area contributed by atoms with E-state index in [-0.39, 0.29) is 18.0 Å². The van der Waals surface area contributed by atoms with Crippen molar-refractivity contribution >= 4 is 11.6 Å². The molecule has 0 saturated carbocycles. The van der Waals surface area contributed by atoms with Crippen LogP contribution in [0.5, 0.6) is 0 Å². The predicted molar refractivity (Wildman–Crippen MR) is 69.9 cm³/mol. The molecule has 0 atom stereocenters. The van der Waals surface area contributed by atoms with Crippen LogP contribution < -0.4 is 5.73 Å². The number of amides is 1. The first-order valence-electron chi connectivity index (χ1n) is 6.15. The minimum Gasteiger partial charge on any atom is -0.396 e. The first-order chi connectivity index (χ1) is 8.38. The van der Waals surface area contributed by atoms with E-state index in [2.05, 4.69) is 30.9 Å². The fourth-order valence-corrected chi connectivity index (χ4v) is 2.16. The summed E-state index contributed by atoms with van der Waals surface area (Å²) in [6.45, 7) is 6.99. The van der Waals surface area contributed by atoms with Gasteiger partial charge in [-0.05, 0) is 20.9 Å². The van der Waals surface area contributed by atoms with Gasteiger partial charge in [-0.3, -0.25) is 14.4 Å². The summed E-state index contributed by atoms with van der Waals surface area (Å²) in [6, 6.07) is 0. The maximum absolute atomic E-state index is 12.2. The average Bonchev–Trinajstić information content (AvgIpc) is 2.68. The lowest BCUT2D eigenvalue weighted by molar-refractivity contribution is -0.136. The molecule has 6 heteroatoms. The van der Waals surface area contributed by atoms with Gasteiger partial charge in [0.15, 0.2) is 0 Å². The molecular weight excluding hydrogens is 230 g/mol. The summed E-state index contributed by atoms with van der Waals surface area (Å²) in [5, 5.41) is 4.04. The van der Waals surface area contributed by atoms with E-state index in [0.29, 0.717) is 5.69 Å². The summed E-state index contributed by atoms with van der Waals surface area (Å²) in [5.74, 6) is 0.0966. The van der Waals surface area contributed by atoms with Crippen LogP contribution in [0.25, 0.3) is 0 Å². The minimum absolute atomic E-state index is 0.0249. The summed E-state index contributed by atoms with van der Waals surface area (Å²) in [4.78, 5) is 16.4. The Morgan fingerprint density at radius 1 is 1.50 bits per heavy atom. The first-order valence-corrected chi connectivity index (χ1v) is 6.15. The van der Waals surface area contributed by atoms with E-state index >= 15 is 0 Å². The van der Waals surface area contributed by atoms with Crippen molar-refractivity contribution in [2.75, 3.05) is 32.4 Å². The molecule has 100 valence electrons. The number of nitrogens with two attached hydrogens (primary N) is 1. The van der Waals surface area contributed by atoms with E-state index in [1.807, 2.05) is 4.90 Å². The van der Waals surface area contributed by atoms with E-state index in [1.165, 1.54) is 0 Å². The van der Waals surface area contributed by atoms with E-state index in [0.717, 1.165) is 19.6 Å². The molecule has 1 aromatic heterocycles. The summed E-state index contributed by atoms with van der Waals surface area (Å²) in [5.41, 5.74) is 6.19. The highest BCUT2D eigenvalue weighted by Crippen LogP contribution is 2.19. The van der Waals surface area contributed by atoms with Crippen LogP contribution in [-0.4, -0.2) is 57.7 Å². The number of likely N-dealkylation sites (N-methyl/N-ethyl adjacent to an activating group) is 1. The zero-order chi connectivity index (χ0) is 13.3. The predicted octanol–water partition coefficient (Wildman–Crippen LogP) is 0.0179. The molecule has 2 N–H and O–H groups in total. The van der Waals surface area contributed by atoms with Crippen molar-refractivity contribution in [2.24, 2.45) is 0 Å². The fraction of sp³-hybridized carbons (Fsp3) is 0.667. The Kier molecular flexibility index (Phi) is 3.30. The maximum atomic E-state index is 12.2. The van der Waals surface area contributed by atoms with Gasteiger partial charge in [-0.1, -0.05) is 0 Å². The standard InChI is InChI=1S/C12H21N5O/c1-12(2)9-16(5-4-15(12)3)11(18)8-17-7-10(13)6-14-17/h6-7H,4-5,8-9,13H2,1-3H3. The monoisotopic (exact) mass is 251 g/mol. The van der Waals surface area contributed by atoms with Gasteiger partial charge in [-0.2, -0.15) is 5.10 Å². The highest BCUT2D eigenvalue weighted by molar-refractivity contribution is 5.76. The van der Waals surface area contributed by atoms with Gasteiger partial charge in [0.05, 0.1) is 11.9 Å². The number of rotatable bonds is 2. The zero-order valence-electron chi connectivity index (χ0n) is 11.3. The third-order valence-corrected chi connectivity index (χ3v) is 3.62. The molecule has 0 spiro atoms. The van der Waals surface area contributed by atoms with Gasteiger partial charge in [0, 0.05) is 31.4 Å². The summed E-state index contributed by atoms with van der Waals surface area (Å²) in [7, 11) is 2.09. The third-order valence-electron chi connectivity index (χ3n) is 3.62. The van der Waals surface area contributed by atoms with E-state index in [9.17, 15) is 4.79 Å². The van der Waals surface area contributed by atoms with Gasteiger partial charge >= 0.3 is 0 Å². The molecule has 1 aliphatic heterocycles. The maximum Gasteiger partial charge on any atom is 0.244 e. The molecule has 0 unspecified atom stereocenters. The number of anilines is 1. The van der Waals surface area contributed by atoms with Gasteiger partial charge in [-0.25, -0.2) is 0 Å². The van der Waals surface area contributed by atoms with Crippen molar-refractivity contribution in [3.05, 3.63) is 12.4 Å². The molecule has 1 aliphatic rings. The number of carbonyl (C=O) groups is 1. The number of aromatic nitrogens is 2. The molecule has 0 aliphatic carbocycles. The number of hydrogen-bond donors (Lipinski definition) is 1. The lowest BCUT2D eigenvalue weighted by Crippen LogP contribution is -2.59. The van der Waals surface area contributed by atoms with Crippen molar-refractivity contribution in [1.29, 1.82) is 0 Å². The van der Waals surface area contributed by atoms with Crippen molar-refractivity contribution < 1.29 is 4.79 Å². The Hall–Kier alpha value is -1.56. The van der Waals surface area contributed by atoms with Crippen molar-refractivity contribution in [3.8, 4) is 0 Å². The number of hydrogen-bond acceptors (Lipinski definition) is 4. The average molecular weight is 251 g/mol. The zero-order valence-corrected chi connectivity index (χ0v) is 11.3. The van der Waals surface area contributed by atoms with E-state index < -0.39 is 0 Å². The van der Waals surface area contributed by atoms with Crippen molar-refractivity contribution in [1.82, 2.24) is 19.6 Å². The van der Waals surface area contributed by atoms with E-state index in [1.54, 1.807) is 17.1 Å². The summed E-state index contributed by atoms with van der Waals surface area (Å²) < 4.78 is 1.59. The van der Waals surface area contributed by atoms with E-state index in [4.69, 9.17) is 5.73 Å². The van der Waals surface area contributed by atoms with Gasteiger partial charge < -0.3 is 10.6 Å². The Balaban J connectivity index is 1.98. The number of nitrogens with zero attached hydrogens (tertiary/aromatic N) is 4. The molecule has 0 bridgehead atoms. The molecule has 0 radical (unpaired) electrons. The second kappa shape index (κ2) is 4.61. The number of carbonyl (C=O) groups excluding carboxylic acids is 1. The summed E-state index contributed by atoms with van der Waals surface area (Å²) in [6.07, 6.45) is 3.24. The van der Waals surface area contributed by atoms with Crippen LogP contribution in [0, 0.1) is 0 Å². The van der Waals surface area contributed by atoms with Gasteiger partial charge in [0.1, 0.15) is 6.54 Å². The summed E-state index contributed by atoms with van der Waals surface area (Å²) >= 11 is 0. The first kappa shape index (κ1) is 12.9. The van der Waals surface area contributed by atoms with Crippen LogP contribution in [0.1, 0.15) is 13.8 Å². The van der Waals surface area contributed by atoms with Gasteiger partial charge in [0.2, 0.25) is 5.91 Å². The smallest absolute Gasteiger partial charge is 0.244 e. The second-order valence-corrected chi connectivity index (χ2v) is 5.52. The van der Waals surface area contributed by atoms with Crippen molar-refractivity contribution in [2.45, 2.75) is 25.9 Å². The Labute approximate surface area is 107 Å². The molecule has 18 heavy (non-hydrogen) atoms. The largest absolute Gasteiger partial charge is 0.396 e. The van der Waals surface area contributed by atoms with Crippen LogP contribution in [0.4, 0.5) is 5.69 Å². The highest BCUT2D eigenvalue weighted by atomic mass is 16.2. The second-order valence-electron chi connectivity index (χ2n) is 5.52. The Morgan fingerprint density at radius 3 is 2.78 bits per heavy atom. The topological polar surface area (TPSA) is 67.4 Å². The molecule has 0 aromatic carbocycles. The molecule has 2 rings (SSSR count). The SMILES string of the molecule is CN1CCN(C(=O)Cn2cc(N)cn2)CC1(C)C. The highest BCUT2D eigenvalue weighted by Gasteiger charge is 2.33. The molecule has 2 heterocycles.